The second-order valence-corrected chi connectivity index (χ2v) is 31.0. The van der Waals surface area contributed by atoms with Crippen molar-refractivity contribution < 1.29 is 19.2 Å². The summed E-state index contributed by atoms with van der Waals surface area (Å²) in [6.07, 6.45) is 44.3. The lowest BCUT2D eigenvalue weighted by molar-refractivity contribution is 0.101. The maximum Gasteiger partial charge on any atom is 0.199 e. The van der Waals surface area contributed by atoms with Crippen LogP contribution >= 0.6 is 68.0 Å². The lowest BCUT2D eigenvalue weighted by Gasteiger charge is -2.04. The van der Waals surface area contributed by atoms with Crippen LogP contribution in [0, 0.1) is 13.8 Å². The van der Waals surface area contributed by atoms with E-state index in [4.69, 9.17) is 0 Å². The fourth-order valence-corrected chi connectivity index (χ4v) is 20.1. The van der Waals surface area contributed by atoms with Crippen molar-refractivity contribution in [2.75, 3.05) is 0 Å². The van der Waals surface area contributed by atoms with E-state index in [-0.39, 0.29) is 34.3 Å². The third kappa shape index (κ3) is 15.5. The Kier molecular flexibility index (Phi) is 23.8. The minimum atomic E-state index is -0.273. The highest BCUT2D eigenvalue weighted by Gasteiger charge is 2.38. The van der Waals surface area contributed by atoms with Crippen molar-refractivity contribution in [3.8, 4) is 29.3 Å². The van der Waals surface area contributed by atoms with Crippen molar-refractivity contribution in [2.45, 2.75) is 220 Å². The van der Waals surface area contributed by atoms with E-state index in [0.717, 1.165) is 44.7 Å². The van der Waals surface area contributed by atoms with E-state index in [9.17, 15) is 19.2 Å². The van der Waals surface area contributed by atoms with Gasteiger partial charge in [0, 0.05) is 76.9 Å². The Hall–Kier alpha value is -4.94. The van der Waals surface area contributed by atoms with Gasteiger partial charge in [-0.3, -0.25) is 19.2 Å². The molecule has 6 aromatic heterocycles. The van der Waals surface area contributed by atoms with Crippen LogP contribution in [0.3, 0.4) is 0 Å². The van der Waals surface area contributed by atoms with Crippen LogP contribution < -0.4 is 9.06 Å². The van der Waals surface area contributed by atoms with Crippen LogP contribution in [-0.4, -0.2) is 23.1 Å². The molecule has 8 aromatic rings. The number of Topliss-reactive ketones (excluding diaryl/α,β-unsaturated/α-hetero) is 4. The van der Waals surface area contributed by atoms with Gasteiger partial charge >= 0.3 is 0 Å². The van der Waals surface area contributed by atoms with Crippen LogP contribution in [0.25, 0.3) is 63.3 Å². The molecule has 86 heavy (non-hydrogen) atoms. The molecule has 0 saturated heterocycles. The van der Waals surface area contributed by atoms with Crippen LogP contribution in [0.4, 0.5) is 0 Å². The highest BCUT2D eigenvalue weighted by Crippen LogP contribution is 2.47. The van der Waals surface area contributed by atoms with E-state index in [1.54, 1.807) is 35.6 Å². The number of unbranched alkanes of at least 4 members (excludes halogenated alkanes) is 26. The van der Waals surface area contributed by atoms with E-state index < -0.39 is 0 Å². The van der Waals surface area contributed by atoms with Crippen molar-refractivity contribution in [3.63, 3.8) is 0 Å². The average Bonchev–Trinajstić information content (AvgIpc) is 1.71. The summed E-state index contributed by atoms with van der Waals surface area (Å²) in [5, 5.41) is 1.58. The van der Waals surface area contributed by atoms with E-state index >= 15 is 0 Å². The topological polar surface area (TPSA) is 68.3 Å². The van der Waals surface area contributed by atoms with Crippen LogP contribution in [-0.2, 0) is 12.8 Å². The second-order valence-electron chi connectivity index (χ2n) is 24.3. The Balaban J connectivity index is 0.879. The summed E-state index contributed by atoms with van der Waals surface area (Å²) in [5.41, 5.74) is 4.83. The minimum absolute atomic E-state index is 0.176. The first-order valence-electron chi connectivity index (χ1n) is 32.9. The van der Waals surface area contributed by atoms with Crippen molar-refractivity contribution in [2.24, 2.45) is 0 Å². The molecular formula is C76H88O4S6. The largest absolute Gasteiger partial charge is 0.288 e. The predicted octanol–water partition coefficient (Wildman–Crippen LogP) is 23.5. The first-order chi connectivity index (χ1) is 42.1. The molecule has 0 atom stereocenters. The second kappa shape index (κ2) is 32.0. The Bertz CT molecular complexity index is 3630. The van der Waals surface area contributed by atoms with Crippen molar-refractivity contribution in [1.29, 1.82) is 0 Å². The number of fused-ring (bicyclic) bond motifs is 3. The first kappa shape index (κ1) is 64.1. The quantitative estimate of drug-likeness (QED) is 0.0371. The highest BCUT2D eigenvalue weighted by molar-refractivity contribution is 7.27. The van der Waals surface area contributed by atoms with Gasteiger partial charge in [-0.05, 0) is 99.2 Å². The van der Waals surface area contributed by atoms with E-state index in [1.807, 2.05) is 65.2 Å². The third-order valence-electron chi connectivity index (χ3n) is 17.6. The van der Waals surface area contributed by atoms with Gasteiger partial charge in [0.15, 0.2) is 23.1 Å². The lowest BCUT2D eigenvalue weighted by atomic mass is 10.0. The number of benzene rings is 2. The van der Waals surface area contributed by atoms with Gasteiger partial charge in [0.25, 0.3) is 0 Å². The molecule has 4 nitrogen and oxygen atoms in total. The number of carbonyl (C=O) groups is 4. The molecule has 6 heterocycles. The summed E-state index contributed by atoms with van der Waals surface area (Å²) < 4.78 is 1.24. The summed E-state index contributed by atoms with van der Waals surface area (Å²) in [6, 6.07) is 28.1. The average molecular weight is 1260 g/mol. The van der Waals surface area contributed by atoms with Crippen LogP contribution in [0.1, 0.15) is 266 Å². The van der Waals surface area contributed by atoms with Crippen LogP contribution in [0.15, 0.2) is 84.9 Å². The molecular weight excluding hydrogens is 1170 g/mol. The van der Waals surface area contributed by atoms with E-state index in [1.165, 1.54) is 241 Å². The molecule has 452 valence electrons. The molecule has 0 unspecified atom stereocenters. The Morgan fingerprint density at radius 1 is 0.337 bits per heavy atom. The Labute approximate surface area is 536 Å². The predicted molar refractivity (Wildman–Crippen MR) is 377 cm³/mol. The van der Waals surface area contributed by atoms with Gasteiger partial charge in [-0.2, -0.15) is 0 Å². The van der Waals surface area contributed by atoms with Gasteiger partial charge in [0.1, 0.15) is 0 Å². The fraction of sp³-hybridized carbons (Fsp3) is 0.447. The Morgan fingerprint density at radius 3 is 1.10 bits per heavy atom. The van der Waals surface area contributed by atoms with Gasteiger partial charge in [-0.25, -0.2) is 0 Å². The SMILES string of the molecule is CCCCCCCCCCCCCCCCc1cc(C)sc1-c1ccc(/C=C/c2ccc(-c3sc(-c4sc(=C5C(=O)c6ccccc6C5=O)c5c(C)sc(=C6C(=O)c7ccccc7C6=O)c45)cc3CCCCCCCCCCCCCCCC)s2)s1. The molecule has 0 spiro atoms. The molecule has 2 aromatic carbocycles. The maximum atomic E-state index is 14.4. The molecule has 0 aliphatic heterocycles. The zero-order valence-electron chi connectivity index (χ0n) is 51.5. The molecule has 0 fully saturated rings. The van der Waals surface area contributed by atoms with E-state index in [0.29, 0.717) is 31.3 Å². The number of carbonyl (C=O) groups excluding carboxylic acids is 4. The maximum absolute atomic E-state index is 14.4. The van der Waals surface area contributed by atoms with Crippen LogP contribution in [0.2, 0.25) is 0 Å². The van der Waals surface area contributed by atoms with Gasteiger partial charge in [-0.15, -0.1) is 68.0 Å². The summed E-state index contributed by atoms with van der Waals surface area (Å²) in [6.45, 7) is 8.83. The highest BCUT2D eigenvalue weighted by atomic mass is 32.1. The fourth-order valence-electron chi connectivity index (χ4n) is 12.9. The molecule has 0 radical (unpaired) electrons. The summed E-state index contributed by atoms with van der Waals surface area (Å²) in [7, 11) is 0. The van der Waals surface area contributed by atoms with Gasteiger partial charge in [0.05, 0.1) is 25.1 Å². The zero-order chi connectivity index (χ0) is 59.8. The van der Waals surface area contributed by atoms with Crippen LogP contribution in [0.5, 0.6) is 0 Å². The molecule has 2 aliphatic carbocycles. The molecule has 0 saturated carbocycles. The van der Waals surface area contributed by atoms with Gasteiger partial charge in [0.2, 0.25) is 0 Å². The minimum Gasteiger partial charge on any atom is -0.288 e. The number of hydrogen-bond donors (Lipinski definition) is 0. The normalized spacial score (nSPS) is 13.3. The summed E-state index contributed by atoms with van der Waals surface area (Å²) >= 11 is 10.3. The molecule has 2 aliphatic rings. The summed E-state index contributed by atoms with van der Waals surface area (Å²) in [4.78, 5) is 69.3. The number of hydrogen-bond acceptors (Lipinski definition) is 10. The van der Waals surface area contributed by atoms with Crippen molar-refractivity contribution in [3.05, 3.63) is 147 Å². The van der Waals surface area contributed by atoms with Crippen molar-refractivity contribution in [1.82, 2.24) is 0 Å². The Morgan fingerprint density at radius 2 is 0.698 bits per heavy atom. The standard InChI is InChI=1S/C76H88O4S6/c1-5-7-9-11-13-15-17-19-21-23-25-27-29-31-37-53-49-51(3)81-72(53)61-47-45-55(83-61)43-44-56-46-48-62(84-56)73-54(38-32-30-28-26-24-22-20-18-16-14-12-10-8-6-2)50-63(85-73)74-65-64(75(86-74)66-68(77)57-39-33-34-40-58(57)69(66)78)52(4)82-76(65)67-70(79)59-41-35-36-42-60(59)71(67)80/h33-36,39-50H,5-32,37-38H2,1-4H3/b44-43+. The lowest BCUT2D eigenvalue weighted by Crippen LogP contribution is -2.12. The van der Waals surface area contributed by atoms with Crippen molar-refractivity contribution >= 4 is 125 Å². The van der Waals surface area contributed by atoms with Gasteiger partial charge < -0.3 is 0 Å². The number of rotatable bonds is 35. The monoisotopic (exact) mass is 1260 g/mol. The van der Waals surface area contributed by atoms with Gasteiger partial charge in [-0.1, -0.05) is 229 Å². The smallest absolute Gasteiger partial charge is 0.199 e. The number of ketones is 4. The molecule has 0 amide bonds. The molecule has 0 bridgehead atoms. The molecule has 0 N–H and O–H groups in total. The van der Waals surface area contributed by atoms with E-state index in [2.05, 4.69) is 69.3 Å². The first-order valence-corrected chi connectivity index (χ1v) is 37.8. The third-order valence-corrected chi connectivity index (χ3v) is 24.9. The number of thiophene rings is 6. The molecule has 10 rings (SSSR count). The summed E-state index contributed by atoms with van der Waals surface area (Å²) in [5.74, 6) is -1.09. The molecule has 10 heteroatoms. The zero-order valence-corrected chi connectivity index (χ0v) is 56.4. The number of aryl methyl sites for hydroxylation is 4.